The number of hydrogen-bond acceptors (Lipinski definition) is 3. The molecule has 0 unspecified atom stereocenters. The lowest BCUT2D eigenvalue weighted by atomic mass is 10.8. The summed E-state index contributed by atoms with van der Waals surface area (Å²) in [5.74, 6) is -0.513. The first-order valence-corrected chi connectivity index (χ1v) is 2.40. The molecule has 0 aromatic carbocycles. The molecule has 1 heterocycles. The molecule has 0 aliphatic carbocycles. The first-order valence-electron chi connectivity index (χ1n) is 3.58. The molecule has 0 amide bonds. The van der Waals surface area contributed by atoms with Gasteiger partial charge in [-0.15, -0.1) is 11.3 Å². The minimum absolute atomic E-state index is 0.194. The van der Waals surface area contributed by atoms with Crippen LogP contribution in [0.15, 0.2) is 5.36 Å². The molecule has 1 rings (SSSR count). The molecule has 0 aliphatic rings. The summed E-state index contributed by atoms with van der Waals surface area (Å²) in [4.78, 5) is 3.31. The Kier molecular flexibility index (Phi) is 0.373. The van der Waals surface area contributed by atoms with Gasteiger partial charge in [0.1, 0.15) is 0 Å². The zero-order chi connectivity index (χ0) is 8.65. The van der Waals surface area contributed by atoms with E-state index in [1.807, 2.05) is 0 Å². The van der Waals surface area contributed by atoms with Gasteiger partial charge in [-0.2, -0.15) is 0 Å². The molecule has 0 bridgehead atoms. The van der Waals surface area contributed by atoms with Crippen LogP contribution in [0.4, 0.5) is 0 Å². The summed E-state index contributed by atoms with van der Waals surface area (Å²) in [5, 5.41) is 8.36. The van der Waals surface area contributed by atoms with Gasteiger partial charge in [0.25, 0.3) is 0 Å². The molecule has 0 spiro atoms. The zero-order valence-electron chi connectivity index (χ0n) is 7.30. The Labute approximate surface area is 51.1 Å². The molecular weight excluding hydrogens is 110 g/mol. The Balaban J connectivity index is 3.08. The third-order valence-corrected chi connectivity index (χ3v) is 1.02. The quantitative estimate of drug-likeness (QED) is 0.556. The molecular formula is C4H5NOS. The van der Waals surface area contributed by atoms with E-state index in [-0.39, 0.29) is 10.4 Å². The Morgan fingerprint density at radius 3 is 3.43 bits per heavy atom. The first kappa shape index (κ1) is 1.74. The Bertz CT molecular complexity index is 248. The van der Waals surface area contributed by atoms with Crippen LogP contribution in [0.5, 0.6) is 5.88 Å². The molecule has 2 nitrogen and oxygen atoms in total. The van der Waals surface area contributed by atoms with Crippen molar-refractivity contribution in [3.05, 3.63) is 10.4 Å². The van der Waals surface area contributed by atoms with Crippen molar-refractivity contribution in [1.29, 1.82) is 0 Å². The van der Waals surface area contributed by atoms with Gasteiger partial charge in [0.05, 0.1) is 11.7 Å². The molecule has 0 atom stereocenters. The Hall–Kier alpha value is -0.570. The predicted molar refractivity (Wildman–Crippen MR) is 28.5 cm³/mol. The van der Waals surface area contributed by atoms with Crippen molar-refractivity contribution in [1.82, 2.24) is 4.98 Å². The molecule has 0 fully saturated rings. The molecule has 38 valence electrons. The SMILES string of the molecule is [2H]c1sc(C([2H])([2H])[2H])nc1O. The monoisotopic (exact) mass is 119 g/mol. The van der Waals surface area contributed by atoms with E-state index in [1.54, 1.807) is 0 Å². The maximum absolute atomic E-state index is 8.77. The van der Waals surface area contributed by atoms with Crippen molar-refractivity contribution in [2.75, 3.05) is 0 Å². The van der Waals surface area contributed by atoms with Crippen molar-refractivity contribution in [2.24, 2.45) is 0 Å². The second-order valence-electron chi connectivity index (χ2n) is 0.945. The number of thiazole rings is 1. The number of aryl methyl sites for hydroxylation is 1. The van der Waals surface area contributed by atoms with Crippen molar-refractivity contribution in [3.8, 4) is 5.88 Å². The highest BCUT2D eigenvalue weighted by Crippen LogP contribution is 2.11. The van der Waals surface area contributed by atoms with Gasteiger partial charge in [0, 0.05) is 4.11 Å². The van der Waals surface area contributed by atoms with Crippen LogP contribution in [0.3, 0.4) is 0 Å². The van der Waals surface area contributed by atoms with Gasteiger partial charge in [-0.3, -0.25) is 0 Å². The van der Waals surface area contributed by atoms with Crippen LogP contribution in [0.1, 0.15) is 10.5 Å². The van der Waals surface area contributed by atoms with E-state index >= 15 is 0 Å². The van der Waals surface area contributed by atoms with Gasteiger partial charge in [-0.05, 0) is 6.85 Å². The average molecular weight is 119 g/mol. The second kappa shape index (κ2) is 1.50. The van der Waals surface area contributed by atoms with Crippen molar-refractivity contribution < 1.29 is 10.6 Å². The second-order valence-corrected chi connectivity index (χ2v) is 1.74. The summed E-state index contributed by atoms with van der Waals surface area (Å²) in [6.45, 7) is -2.32. The summed E-state index contributed by atoms with van der Waals surface area (Å²) in [7, 11) is 0. The van der Waals surface area contributed by atoms with Crippen LogP contribution < -0.4 is 0 Å². The van der Waals surface area contributed by atoms with Gasteiger partial charge in [0.2, 0.25) is 5.88 Å². The minimum atomic E-state index is -2.32. The number of nitrogens with zero attached hydrogens (tertiary/aromatic N) is 1. The predicted octanol–water partition coefficient (Wildman–Crippen LogP) is 1.16. The van der Waals surface area contributed by atoms with Crippen LogP contribution >= 0.6 is 11.3 Å². The smallest absolute Gasteiger partial charge is 0.222 e. The molecule has 0 radical (unpaired) electrons. The standard InChI is InChI=1S/C4H5NOS/c1-3-5-4(6)2-7-3/h2,6H,1H3/i1D3,2D. The van der Waals surface area contributed by atoms with Gasteiger partial charge >= 0.3 is 0 Å². The summed E-state index contributed by atoms with van der Waals surface area (Å²) in [6, 6.07) is 0. The molecule has 7 heavy (non-hydrogen) atoms. The fourth-order valence-electron chi connectivity index (χ4n) is 0.236. The molecule has 1 N–H and O–H groups in total. The first-order chi connectivity index (χ1) is 4.91. The van der Waals surface area contributed by atoms with E-state index < -0.39 is 12.7 Å². The summed E-state index contributed by atoms with van der Waals surface area (Å²) in [6.07, 6.45) is 0. The molecule has 1 aromatic rings. The molecule has 0 saturated heterocycles. The molecule has 0 saturated carbocycles. The van der Waals surface area contributed by atoms with Crippen LogP contribution in [0.25, 0.3) is 0 Å². The summed E-state index contributed by atoms with van der Waals surface area (Å²) < 4.78 is 27.6. The largest absolute Gasteiger partial charge is 0.493 e. The Morgan fingerprint density at radius 1 is 2.29 bits per heavy atom. The fraction of sp³-hybridized carbons (Fsp3) is 0.250. The van der Waals surface area contributed by atoms with Gasteiger partial charge < -0.3 is 5.11 Å². The van der Waals surface area contributed by atoms with Gasteiger partial charge in [-0.25, -0.2) is 4.98 Å². The highest BCUT2D eigenvalue weighted by atomic mass is 32.1. The maximum Gasteiger partial charge on any atom is 0.222 e. The third-order valence-electron chi connectivity index (χ3n) is 0.446. The third kappa shape index (κ3) is 0.899. The minimum Gasteiger partial charge on any atom is -0.493 e. The lowest BCUT2D eigenvalue weighted by Gasteiger charge is -1.71. The van der Waals surface area contributed by atoms with Crippen LogP contribution in [-0.4, -0.2) is 10.1 Å². The van der Waals surface area contributed by atoms with Crippen molar-refractivity contribution in [3.63, 3.8) is 0 Å². The number of aromatic hydroxyl groups is 1. The highest BCUT2D eigenvalue weighted by Gasteiger charge is 1.88. The van der Waals surface area contributed by atoms with Crippen molar-refractivity contribution in [2.45, 2.75) is 6.85 Å². The Morgan fingerprint density at radius 2 is 3.14 bits per heavy atom. The molecule has 0 aliphatic heterocycles. The van der Waals surface area contributed by atoms with Crippen molar-refractivity contribution >= 4 is 11.3 Å². The van der Waals surface area contributed by atoms with E-state index in [9.17, 15) is 0 Å². The van der Waals surface area contributed by atoms with Gasteiger partial charge in [-0.1, -0.05) is 0 Å². The summed E-state index contributed by atoms with van der Waals surface area (Å²) in [5.41, 5.74) is 0. The maximum atomic E-state index is 8.77. The van der Waals surface area contributed by atoms with E-state index in [2.05, 4.69) is 4.98 Å². The van der Waals surface area contributed by atoms with Gasteiger partial charge in [0.15, 0.2) is 0 Å². The zero-order valence-corrected chi connectivity index (χ0v) is 4.12. The van der Waals surface area contributed by atoms with Crippen LogP contribution in [0, 0.1) is 6.85 Å². The average Bonchev–Trinajstić information content (AvgIpc) is 2.11. The van der Waals surface area contributed by atoms with E-state index in [0.29, 0.717) is 11.3 Å². The lowest BCUT2D eigenvalue weighted by Crippen LogP contribution is -1.61. The highest BCUT2D eigenvalue weighted by molar-refractivity contribution is 7.09. The van der Waals surface area contributed by atoms with E-state index in [4.69, 9.17) is 10.6 Å². The molecule has 3 heteroatoms. The summed E-state index contributed by atoms with van der Waals surface area (Å²) >= 11 is 0.664. The normalized spacial score (nSPS) is 19.4. The number of rotatable bonds is 0. The van der Waals surface area contributed by atoms with E-state index in [0.717, 1.165) is 0 Å². The fourth-order valence-corrected chi connectivity index (χ4v) is 0.602. The van der Waals surface area contributed by atoms with Crippen LogP contribution in [-0.2, 0) is 0 Å². The van der Waals surface area contributed by atoms with E-state index in [1.165, 1.54) is 0 Å². The van der Waals surface area contributed by atoms with Crippen LogP contribution in [0.2, 0.25) is 0 Å². The molecule has 1 aromatic heterocycles. The number of aromatic nitrogens is 1. The topological polar surface area (TPSA) is 33.1 Å². The lowest BCUT2D eigenvalue weighted by molar-refractivity contribution is 0.456. The number of hydrogen-bond donors (Lipinski definition) is 1.